The van der Waals surface area contributed by atoms with Gasteiger partial charge < -0.3 is 11.1 Å². The predicted octanol–water partition coefficient (Wildman–Crippen LogP) is 3.27. The lowest BCUT2D eigenvalue weighted by atomic mass is 9.79. The fourth-order valence-electron chi connectivity index (χ4n) is 2.97. The number of hydrogen-bond acceptors (Lipinski definition) is 1. The number of guanidine groups is 1. The lowest BCUT2D eigenvalue weighted by molar-refractivity contribution is 0.333. The Kier molecular flexibility index (Phi) is 5.45. The summed E-state index contributed by atoms with van der Waals surface area (Å²) in [6, 6.07) is 11.2. The first-order valence-corrected chi connectivity index (χ1v) is 7.76. The quantitative estimate of drug-likeness (QED) is 0.653. The number of hydrogen-bond donors (Lipinski definition) is 2. The van der Waals surface area contributed by atoms with Gasteiger partial charge in [0.2, 0.25) is 0 Å². The number of nitrogens with zero attached hydrogens (tertiary/aromatic N) is 1. The van der Waals surface area contributed by atoms with Crippen molar-refractivity contribution in [3.05, 3.63) is 35.9 Å². The van der Waals surface area contributed by atoms with Gasteiger partial charge in [0.15, 0.2) is 5.96 Å². The average Bonchev–Trinajstić information content (AvgIpc) is 2.46. The summed E-state index contributed by atoms with van der Waals surface area (Å²) in [6.07, 6.45) is 5.08. The standard InChI is InChI=1S/C17H27N3/c1-13(2)20-17(18)19-12-14-8-10-16(11-9-14)15-6-4-3-5-7-15/h3-7,13-14,16H,8-12H2,1-2H3,(H3,18,19,20). The van der Waals surface area contributed by atoms with Gasteiger partial charge in [0, 0.05) is 12.6 Å². The van der Waals surface area contributed by atoms with Crippen LogP contribution in [0.2, 0.25) is 0 Å². The summed E-state index contributed by atoms with van der Waals surface area (Å²) in [5.41, 5.74) is 7.34. The second kappa shape index (κ2) is 7.32. The van der Waals surface area contributed by atoms with Gasteiger partial charge in [-0.25, -0.2) is 0 Å². The van der Waals surface area contributed by atoms with Crippen LogP contribution in [0, 0.1) is 5.92 Å². The van der Waals surface area contributed by atoms with Crippen LogP contribution < -0.4 is 11.1 Å². The Bertz CT molecular complexity index is 417. The zero-order valence-corrected chi connectivity index (χ0v) is 12.7. The molecule has 0 heterocycles. The Morgan fingerprint density at radius 3 is 2.45 bits per heavy atom. The van der Waals surface area contributed by atoms with Crippen LogP contribution in [0.25, 0.3) is 0 Å². The molecular weight excluding hydrogens is 246 g/mol. The molecule has 0 aromatic heterocycles. The minimum absolute atomic E-state index is 0.354. The van der Waals surface area contributed by atoms with Crippen LogP contribution in [0.3, 0.4) is 0 Å². The van der Waals surface area contributed by atoms with Crippen molar-refractivity contribution < 1.29 is 0 Å². The Hall–Kier alpha value is -1.51. The SMILES string of the molecule is CC(C)NC(N)=NCC1CCC(c2ccccc2)CC1. The van der Waals surface area contributed by atoms with E-state index in [4.69, 9.17) is 5.73 Å². The Morgan fingerprint density at radius 2 is 1.85 bits per heavy atom. The average molecular weight is 273 g/mol. The third kappa shape index (κ3) is 4.55. The first kappa shape index (κ1) is 14.9. The minimum atomic E-state index is 0.354. The molecule has 0 radical (unpaired) electrons. The molecule has 1 aromatic carbocycles. The summed E-state index contributed by atoms with van der Waals surface area (Å²) in [5.74, 6) is 2.02. The van der Waals surface area contributed by atoms with Gasteiger partial charge in [0.25, 0.3) is 0 Å². The third-order valence-corrected chi connectivity index (χ3v) is 4.07. The van der Waals surface area contributed by atoms with E-state index in [1.165, 1.54) is 31.2 Å². The van der Waals surface area contributed by atoms with E-state index in [9.17, 15) is 0 Å². The number of aliphatic imine (C=N–C) groups is 1. The molecule has 3 N–H and O–H groups in total. The van der Waals surface area contributed by atoms with Crippen molar-refractivity contribution >= 4 is 5.96 Å². The molecule has 0 spiro atoms. The van der Waals surface area contributed by atoms with Crippen molar-refractivity contribution in [1.82, 2.24) is 5.32 Å². The number of nitrogens with two attached hydrogens (primary N) is 1. The van der Waals surface area contributed by atoms with Crippen LogP contribution in [0.1, 0.15) is 51.0 Å². The van der Waals surface area contributed by atoms with Crippen molar-refractivity contribution in [2.75, 3.05) is 6.54 Å². The highest BCUT2D eigenvalue weighted by Crippen LogP contribution is 2.35. The van der Waals surface area contributed by atoms with E-state index < -0.39 is 0 Å². The highest BCUT2D eigenvalue weighted by Gasteiger charge is 2.21. The second-order valence-electron chi connectivity index (χ2n) is 6.15. The van der Waals surface area contributed by atoms with E-state index in [0.29, 0.717) is 17.9 Å². The molecule has 0 amide bonds. The molecule has 0 atom stereocenters. The second-order valence-corrected chi connectivity index (χ2v) is 6.15. The van der Waals surface area contributed by atoms with E-state index in [2.05, 4.69) is 54.5 Å². The van der Waals surface area contributed by atoms with Crippen molar-refractivity contribution in [2.24, 2.45) is 16.6 Å². The van der Waals surface area contributed by atoms with Crippen molar-refractivity contribution in [3.63, 3.8) is 0 Å². The molecule has 0 saturated heterocycles. The summed E-state index contributed by atoms with van der Waals surface area (Å²) < 4.78 is 0. The molecule has 20 heavy (non-hydrogen) atoms. The molecule has 1 aliphatic rings. The molecule has 3 heteroatoms. The zero-order chi connectivity index (χ0) is 14.4. The first-order chi connectivity index (χ1) is 9.65. The molecule has 1 aromatic rings. The Labute approximate surface area is 122 Å². The Morgan fingerprint density at radius 1 is 1.20 bits per heavy atom. The predicted molar refractivity (Wildman–Crippen MR) is 85.9 cm³/mol. The summed E-state index contributed by atoms with van der Waals surface area (Å²) in [4.78, 5) is 4.47. The van der Waals surface area contributed by atoms with Crippen LogP contribution in [-0.2, 0) is 0 Å². The monoisotopic (exact) mass is 273 g/mol. The molecule has 1 aliphatic carbocycles. The van der Waals surface area contributed by atoms with E-state index in [1.54, 1.807) is 0 Å². The van der Waals surface area contributed by atoms with Crippen LogP contribution >= 0.6 is 0 Å². The van der Waals surface area contributed by atoms with Gasteiger partial charge in [0.05, 0.1) is 0 Å². The normalized spacial score (nSPS) is 23.9. The van der Waals surface area contributed by atoms with Gasteiger partial charge in [-0.1, -0.05) is 30.3 Å². The van der Waals surface area contributed by atoms with Gasteiger partial charge in [-0.3, -0.25) is 4.99 Å². The number of nitrogens with one attached hydrogen (secondary N) is 1. The van der Waals surface area contributed by atoms with E-state index in [-0.39, 0.29) is 0 Å². The van der Waals surface area contributed by atoms with E-state index in [1.807, 2.05) is 0 Å². The van der Waals surface area contributed by atoms with Crippen LogP contribution in [0.5, 0.6) is 0 Å². The van der Waals surface area contributed by atoms with Crippen LogP contribution in [-0.4, -0.2) is 18.5 Å². The molecule has 0 aliphatic heterocycles. The highest BCUT2D eigenvalue weighted by molar-refractivity contribution is 5.78. The molecular formula is C17H27N3. The van der Waals surface area contributed by atoms with E-state index in [0.717, 1.165) is 12.5 Å². The molecule has 1 fully saturated rings. The van der Waals surface area contributed by atoms with Crippen molar-refractivity contribution in [1.29, 1.82) is 0 Å². The summed E-state index contributed by atoms with van der Waals surface area (Å²) >= 11 is 0. The summed E-state index contributed by atoms with van der Waals surface area (Å²) in [5, 5.41) is 3.14. The summed E-state index contributed by atoms with van der Waals surface area (Å²) in [7, 11) is 0. The molecule has 0 bridgehead atoms. The Balaban J connectivity index is 1.77. The minimum Gasteiger partial charge on any atom is -0.370 e. The topological polar surface area (TPSA) is 50.4 Å². The fourth-order valence-corrected chi connectivity index (χ4v) is 2.97. The summed E-state index contributed by atoms with van der Waals surface area (Å²) in [6.45, 7) is 5.02. The molecule has 110 valence electrons. The van der Waals surface area contributed by atoms with Crippen molar-refractivity contribution in [3.8, 4) is 0 Å². The van der Waals surface area contributed by atoms with Gasteiger partial charge in [-0.05, 0) is 56.9 Å². The van der Waals surface area contributed by atoms with E-state index >= 15 is 0 Å². The van der Waals surface area contributed by atoms with Crippen molar-refractivity contribution in [2.45, 2.75) is 51.5 Å². The molecule has 0 unspecified atom stereocenters. The molecule has 3 nitrogen and oxygen atoms in total. The van der Waals surface area contributed by atoms with Crippen LogP contribution in [0.15, 0.2) is 35.3 Å². The smallest absolute Gasteiger partial charge is 0.188 e. The number of benzene rings is 1. The largest absolute Gasteiger partial charge is 0.370 e. The van der Waals surface area contributed by atoms with Gasteiger partial charge in [-0.15, -0.1) is 0 Å². The first-order valence-electron chi connectivity index (χ1n) is 7.76. The highest BCUT2D eigenvalue weighted by atomic mass is 15.1. The fraction of sp³-hybridized carbons (Fsp3) is 0.588. The van der Waals surface area contributed by atoms with Gasteiger partial charge in [-0.2, -0.15) is 0 Å². The van der Waals surface area contributed by atoms with Gasteiger partial charge >= 0.3 is 0 Å². The molecule has 2 rings (SSSR count). The zero-order valence-electron chi connectivity index (χ0n) is 12.7. The lowest BCUT2D eigenvalue weighted by Crippen LogP contribution is -2.37. The maximum Gasteiger partial charge on any atom is 0.188 e. The van der Waals surface area contributed by atoms with Crippen LogP contribution in [0.4, 0.5) is 0 Å². The lowest BCUT2D eigenvalue weighted by Gasteiger charge is -2.28. The third-order valence-electron chi connectivity index (χ3n) is 4.07. The maximum absolute atomic E-state index is 5.85. The molecule has 1 saturated carbocycles. The maximum atomic E-state index is 5.85. The number of rotatable bonds is 4. The van der Waals surface area contributed by atoms with Gasteiger partial charge in [0.1, 0.15) is 0 Å².